The second-order valence-corrected chi connectivity index (χ2v) is 14.2. The molecule has 0 aliphatic heterocycles. The average molecular weight is 409 g/mol. The lowest BCUT2D eigenvalue weighted by Gasteiger charge is -2.36. The van der Waals surface area contributed by atoms with Crippen LogP contribution in [0.15, 0.2) is 60.7 Å². The van der Waals surface area contributed by atoms with Crippen molar-refractivity contribution in [2.75, 3.05) is 18.5 Å². The maximum absolute atomic E-state index is 6.34. The van der Waals surface area contributed by atoms with Crippen LogP contribution in [0.25, 0.3) is 10.9 Å². The van der Waals surface area contributed by atoms with Crippen molar-refractivity contribution < 1.29 is 4.43 Å². The summed E-state index contributed by atoms with van der Waals surface area (Å²) in [5.74, 6) is 1.19. The third kappa shape index (κ3) is 5.52. The first-order valence-corrected chi connectivity index (χ1v) is 13.7. The van der Waals surface area contributed by atoms with Crippen molar-refractivity contribution in [1.82, 2.24) is 4.57 Å². The molecule has 1 N–H and O–H groups in total. The minimum Gasteiger partial charge on any atom is -0.415 e. The first-order valence-electron chi connectivity index (χ1n) is 10.8. The first-order chi connectivity index (χ1) is 13.8. The highest BCUT2D eigenvalue weighted by Gasteiger charge is 2.36. The van der Waals surface area contributed by atoms with Crippen molar-refractivity contribution in [1.29, 1.82) is 0 Å². The Balaban J connectivity index is 1.63. The molecule has 0 atom stereocenters. The molecule has 0 saturated carbocycles. The summed E-state index contributed by atoms with van der Waals surface area (Å²) in [5, 5.41) is 5.18. The molecule has 2 aromatic carbocycles. The van der Waals surface area contributed by atoms with E-state index in [1.165, 1.54) is 22.3 Å². The Morgan fingerprint density at radius 3 is 2.38 bits per heavy atom. The van der Waals surface area contributed by atoms with E-state index < -0.39 is 8.32 Å². The zero-order valence-corrected chi connectivity index (χ0v) is 19.7. The van der Waals surface area contributed by atoms with Gasteiger partial charge in [-0.2, -0.15) is 0 Å². The summed E-state index contributed by atoms with van der Waals surface area (Å²) in [6.45, 7) is 14.1. The van der Waals surface area contributed by atoms with Gasteiger partial charge in [-0.15, -0.1) is 0 Å². The van der Waals surface area contributed by atoms with Crippen molar-refractivity contribution in [2.24, 2.45) is 0 Å². The van der Waals surface area contributed by atoms with Gasteiger partial charge in [0.15, 0.2) is 8.32 Å². The van der Waals surface area contributed by atoms with Gasteiger partial charge in [0.1, 0.15) is 5.82 Å². The molecule has 3 nitrogen and oxygen atoms in total. The highest BCUT2D eigenvalue weighted by atomic mass is 28.4. The maximum atomic E-state index is 6.34. The summed E-state index contributed by atoms with van der Waals surface area (Å²) >= 11 is 0. The number of anilines is 1. The predicted molar refractivity (Wildman–Crippen MR) is 128 cm³/mol. The molecule has 0 aliphatic rings. The second kappa shape index (κ2) is 9.18. The fourth-order valence-electron chi connectivity index (χ4n) is 3.39. The number of nitrogens with zero attached hydrogens (tertiary/aromatic N) is 1. The van der Waals surface area contributed by atoms with Gasteiger partial charge in [-0.05, 0) is 48.7 Å². The number of hydrogen-bond donors (Lipinski definition) is 1. The molecular weight excluding hydrogens is 372 g/mol. The Hall–Kier alpha value is -2.04. The number of nitrogens with one attached hydrogen (secondary N) is 1. The van der Waals surface area contributed by atoms with E-state index in [2.05, 4.69) is 104 Å². The number of para-hydroxylation sites is 1. The Morgan fingerprint density at radius 1 is 0.966 bits per heavy atom. The van der Waals surface area contributed by atoms with Crippen LogP contribution in [0.5, 0.6) is 0 Å². The molecule has 3 aromatic rings. The summed E-state index contributed by atoms with van der Waals surface area (Å²) in [6, 6.07) is 21.7. The van der Waals surface area contributed by atoms with Crippen LogP contribution in [0, 0.1) is 0 Å². The zero-order chi connectivity index (χ0) is 20.9. The van der Waals surface area contributed by atoms with Crippen LogP contribution in [0.4, 0.5) is 5.82 Å². The molecule has 3 rings (SSSR count). The van der Waals surface area contributed by atoms with Crippen LogP contribution in [0.3, 0.4) is 0 Å². The van der Waals surface area contributed by atoms with Crippen molar-refractivity contribution in [2.45, 2.75) is 58.3 Å². The summed E-state index contributed by atoms with van der Waals surface area (Å²) in [6.07, 6.45) is 2.22. The number of fused-ring (bicyclic) bond motifs is 1. The number of benzene rings is 2. The molecule has 156 valence electrons. The van der Waals surface area contributed by atoms with Gasteiger partial charge in [0.25, 0.3) is 0 Å². The maximum Gasteiger partial charge on any atom is 0.192 e. The van der Waals surface area contributed by atoms with Gasteiger partial charge in [-0.25, -0.2) is 0 Å². The van der Waals surface area contributed by atoms with E-state index in [-0.39, 0.29) is 5.04 Å². The standard InChI is InChI=1S/C25H36N2OSi/c1-25(2,3)29(4,5)28-19-17-26-24-20-22-15-9-10-16-23(22)27(24)18-11-14-21-12-7-6-8-13-21/h6-10,12-13,15-16,20,26H,11,14,17-19H2,1-5H3. The van der Waals surface area contributed by atoms with Crippen LogP contribution in [0.1, 0.15) is 32.8 Å². The highest BCUT2D eigenvalue weighted by molar-refractivity contribution is 6.74. The van der Waals surface area contributed by atoms with Crippen molar-refractivity contribution in [3.05, 3.63) is 66.2 Å². The molecule has 0 bridgehead atoms. The molecule has 1 heterocycles. The van der Waals surface area contributed by atoms with Crippen molar-refractivity contribution in [3.63, 3.8) is 0 Å². The summed E-state index contributed by atoms with van der Waals surface area (Å²) in [5.41, 5.74) is 2.70. The van der Waals surface area contributed by atoms with Gasteiger partial charge in [-0.3, -0.25) is 0 Å². The molecule has 0 radical (unpaired) electrons. The first kappa shape index (κ1) is 21.7. The minimum absolute atomic E-state index is 0.249. The smallest absolute Gasteiger partial charge is 0.192 e. The molecule has 0 spiro atoms. The number of rotatable bonds is 9. The number of aryl methyl sites for hydroxylation is 2. The molecule has 0 saturated heterocycles. The minimum atomic E-state index is -1.69. The molecule has 0 unspecified atom stereocenters. The Labute approximate surface area is 177 Å². The van der Waals surface area contributed by atoms with E-state index in [9.17, 15) is 0 Å². The van der Waals surface area contributed by atoms with Crippen LogP contribution in [-0.2, 0) is 17.4 Å². The lowest BCUT2D eigenvalue weighted by atomic mass is 10.1. The normalized spacial score (nSPS) is 12.4. The van der Waals surface area contributed by atoms with Gasteiger partial charge in [0, 0.05) is 24.0 Å². The molecule has 0 fully saturated rings. The highest BCUT2D eigenvalue weighted by Crippen LogP contribution is 2.36. The average Bonchev–Trinajstić information content (AvgIpc) is 3.03. The van der Waals surface area contributed by atoms with Gasteiger partial charge < -0.3 is 14.3 Å². The third-order valence-electron chi connectivity index (χ3n) is 6.18. The Kier molecular flexibility index (Phi) is 6.86. The predicted octanol–water partition coefficient (Wildman–Crippen LogP) is 6.71. The Bertz CT molecular complexity index is 909. The fourth-order valence-corrected chi connectivity index (χ4v) is 4.43. The quantitative estimate of drug-likeness (QED) is 0.315. The van der Waals surface area contributed by atoms with Gasteiger partial charge in [-0.1, -0.05) is 69.3 Å². The molecule has 0 amide bonds. The molecule has 1 aromatic heterocycles. The summed E-state index contributed by atoms with van der Waals surface area (Å²) in [4.78, 5) is 0. The molecule has 29 heavy (non-hydrogen) atoms. The molecule has 4 heteroatoms. The van der Waals surface area contributed by atoms with Crippen LogP contribution in [0.2, 0.25) is 18.1 Å². The molecular formula is C25H36N2OSi. The lowest BCUT2D eigenvalue weighted by Crippen LogP contribution is -2.41. The zero-order valence-electron chi connectivity index (χ0n) is 18.7. The van der Waals surface area contributed by atoms with E-state index in [4.69, 9.17) is 4.43 Å². The Morgan fingerprint density at radius 2 is 1.66 bits per heavy atom. The van der Waals surface area contributed by atoms with Crippen LogP contribution < -0.4 is 5.32 Å². The van der Waals surface area contributed by atoms with E-state index in [1.807, 2.05) is 0 Å². The monoisotopic (exact) mass is 408 g/mol. The lowest BCUT2D eigenvalue weighted by molar-refractivity contribution is 0.301. The van der Waals surface area contributed by atoms with Crippen molar-refractivity contribution in [3.8, 4) is 0 Å². The number of aromatic nitrogens is 1. The van der Waals surface area contributed by atoms with Crippen LogP contribution in [-0.4, -0.2) is 26.0 Å². The van der Waals surface area contributed by atoms with Gasteiger partial charge in [0.05, 0.1) is 6.61 Å². The summed E-state index contributed by atoms with van der Waals surface area (Å²) < 4.78 is 8.76. The fraction of sp³-hybridized carbons (Fsp3) is 0.440. The van der Waals surface area contributed by atoms with Crippen molar-refractivity contribution >= 4 is 25.0 Å². The largest absolute Gasteiger partial charge is 0.415 e. The van der Waals surface area contributed by atoms with E-state index >= 15 is 0 Å². The van der Waals surface area contributed by atoms with Gasteiger partial charge >= 0.3 is 0 Å². The second-order valence-electron chi connectivity index (χ2n) is 9.36. The summed E-state index contributed by atoms with van der Waals surface area (Å²) in [7, 11) is -1.69. The van der Waals surface area contributed by atoms with Crippen LogP contribution >= 0.6 is 0 Å². The van der Waals surface area contributed by atoms with E-state index in [0.29, 0.717) is 0 Å². The van der Waals surface area contributed by atoms with Gasteiger partial charge in [0.2, 0.25) is 0 Å². The third-order valence-corrected chi connectivity index (χ3v) is 10.7. The SMILES string of the molecule is CC(C)(C)[Si](C)(C)OCCNc1cc2ccccc2n1CCCc1ccccc1. The van der Waals surface area contributed by atoms with E-state index in [1.54, 1.807) is 0 Å². The topological polar surface area (TPSA) is 26.2 Å². The molecule has 0 aliphatic carbocycles. The number of hydrogen-bond acceptors (Lipinski definition) is 2. The van der Waals surface area contributed by atoms with E-state index in [0.717, 1.165) is 32.5 Å².